The number of halogens is 5. The number of aliphatic hydroxyl groups excluding tert-OH is 2. The first-order valence-electron chi connectivity index (χ1n) is 26.5. The Kier molecular flexibility index (Phi) is 35.3. The van der Waals surface area contributed by atoms with Crippen molar-refractivity contribution in [2.45, 2.75) is 180 Å². The van der Waals surface area contributed by atoms with Crippen LogP contribution >= 0.6 is 15.9 Å². The Labute approximate surface area is 614 Å². The number of nitrogens with one attached hydrogen (secondary N) is 3. The van der Waals surface area contributed by atoms with E-state index in [2.05, 4.69) is 62.7 Å². The van der Waals surface area contributed by atoms with Gasteiger partial charge in [-0.3, -0.25) is 4.79 Å². The third-order valence-corrected chi connectivity index (χ3v) is 12.7. The van der Waals surface area contributed by atoms with Gasteiger partial charge in [0.1, 0.15) is 46.0 Å². The summed E-state index contributed by atoms with van der Waals surface area (Å²) in [5.41, 5.74) is 8.35. The molecule has 17 nitrogen and oxygen atoms in total. The Bertz CT molecular complexity index is 2630. The van der Waals surface area contributed by atoms with Crippen molar-refractivity contribution in [2.75, 3.05) is 26.3 Å². The SMILES string of the molecule is CC(C)(C)OC(=O)NC(Cc1cc(F)cc(F)c1)[C@H](O)CN.CC(C)Oc1ccc2c(c1)C(Br)COC2(C)C.CC(C)Oc1ccc2c(c1)C(NC[C@@H](O)[C@H](Cc1cc(F)cc(F)c1)NC(=O)OC(C)(C)C)COC2(C)C.O=CO[O-].[Cs+].[Cs+].[H-]. The van der Waals surface area contributed by atoms with E-state index >= 15 is 0 Å². The summed E-state index contributed by atoms with van der Waals surface area (Å²) in [4.78, 5) is 35.8. The molecular weight excluding hydrogens is 1390 g/mol. The van der Waals surface area contributed by atoms with Crippen LogP contribution in [0.3, 0.4) is 0 Å². The van der Waals surface area contributed by atoms with Gasteiger partial charge in [-0.05, 0) is 192 Å². The Morgan fingerprint density at radius 1 is 0.699 bits per heavy atom. The normalized spacial score (nSPS) is 17.1. The molecule has 0 saturated carbocycles. The smallest absolute Gasteiger partial charge is 1.00 e. The van der Waals surface area contributed by atoms with Crippen molar-refractivity contribution in [3.05, 3.63) is 129 Å². The van der Waals surface area contributed by atoms with Crippen LogP contribution in [0, 0.1) is 23.3 Å². The number of ether oxygens (including phenoxy) is 6. The molecule has 4 aromatic rings. The average molecular weight is 1480 g/mol. The first kappa shape index (κ1) is 79.5. The van der Waals surface area contributed by atoms with Gasteiger partial charge in [-0.25, -0.2) is 27.2 Å². The van der Waals surface area contributed by atoms with Crippen molar-refractivity contribution in [1.29, 1.82) is 0 Å². The van der Waals surface area contributed by atoms with Crippen LogP contribution < -0.4 is 174 Å². The summed E-state index contributed by atoms with van der Waals surface area (Å²) in [7, 11) is 0. The minimum Gasteiger partial charge on any atom is -1.00 e. The summed E-state index contributed by atoms with van der Waals surface area (Å²) < 4.78 is 88.1. The molecule has 0 spiro atoms. The van der Waals surface area contributed by atoms with Crippen LogP contribution in [0.15, 0.2) is 72.8 Å². The van der Waals surface area contributed by atoms with E-state index in [1.807, 2.05) is 65.8 Å². The summed E-state index contributed by atoms with van der Waals surface area (Å²) in [5.74, 6) is -1.26. The Morgan fingerprint density at radius 3 is 1.45 bits per heavy atom. The summed E-state index contributed by atoms with van der Waals surface area (Å²) in [6.45, 7) is 27.3. The summed E-state index contributed by atoms with van der Waals surface area (Å²) in [5, 5.41) is 37.9. The number of carbonyl (C=O) groups excluding carboxylic acids is 3. The molecule has 4 aromatic carbocycles. The van der Waals surface area contributed by atoms with Gasteiger partial charge in [0.25, 0.3) is 6.47 Å². The molecule has 0 aliphatic carbocycles. The summed E-state index contributed by atoms with van der Waals surface area (Å²) >= 11 is 3.66. The summed E-state index contributed by atoms with van der Waals surface area (Å²) in [6.07, 6.45) is -3.42. The van der Waals surface area contributed by atoms with E-state index in [0.717, 1.165) is 46.9 Å². The third-order valence-electron chi connectivity index (χ3n) is 11.9. The van der Waals surface area contributed by atoms with Crippen molar-refractivity contribution in [1.82, 2.24) is 16.0 Å². The molecule has 0 radical (unpaired) electrons. The fourth-order valence-corrected chi connectivity index (χ4v) is 9.02. The van der Waals surface area contributed by atoms with Gasteiger partial charge in [0.2, 0.25) is 0 Å². The third kappa shape index (κ3) is 29.1. The molecule has 3 unspecified atom stereocenters. The van der Waals surface area contributed by atoms with Crippen molar-refractivity contribution in [2.24, 2.45) is 5.73 Å². The van der Waals surface area contributed by atoms with Crippen LogP contribution in [0.1, 0.15) is 143 Å². The fraction of sp³-hybridized carbons (Fsp3) is 0.542. The zero-order valence-electron chi connectivity index (χ0n) is 51.7. The molecule has 24 heteroatoms. The largest absolute Gasteiger partial charge is 1.00 e. The molecule has 454 valence electrons. The van der Waals surface area contributed by atoms with E-state index in [4.69, 9.17) is 44.2 Å². The molecule has 6 rings (SSSR count). The first-order chi connectivity index (χ1) is 37.5. The minimum atomic E-state index is -1.11. The van der Waals surface area contributed by atoms with Gasteiger partial charge in [-0.1, -0.05) is 28.1 Å². The number of alkyl halides is 1. The molecule has 2 aliphatic heterocycles. The predicted molar refractivity (Wildman–Crippen MR) is 301 cm³/mol. The molecule has 2 aliphatic rings. The first-order valence-corrected chi connectivity index (χ1v) is 27.4. The van der Waals surface area contributed by atoms with Crippen molar-refractivity contribution in [3.63, 3.8) is 0 Å². The minimum absolute atomic E-state index is 0. The van der Waals surface area contributed by atoms with E-state index in [0.29, 0.717) is 24.3 Å². The molecule has 0 saturated heterocycles. The van der Waals surface area contributed by atoms with E-state index in [9.17, 15) is 37.4 Å². The van der Waals surface area contributed by atoms with Gasteiger partial charge in [-0.15, -0.1) is 0 Å². The Morgan fingerprint density at radius 2 is 1.07 bits per heavy atom. The number of alkyl carbamates (subject to hydrolysis) is 2. The second kappa shape index (κ2) is 36.9. The number of hydrogen-bond donors (Lipinski definition) is 6. The fourth-order valence-electron chi connectivity index (χ4n) is 8.51. The van der Waals surface area contributed by atoms with Gasteiger partial charge >= 0.3 is 150 Å². The summed E-state index contributed by atoms with van der Waals surface area (Å²) in [6, 6.07) is 16.3. The van der Waals surface area contributed by atoms with E-state index < -0.39 is 76.6 Å². The molecule has 0 fully saturated rings. The second-order valence-corrected chi connectivity index (χ2v) is 24.0. The van der Waals surface area contributed by atoms with Crippen LogP contribution in [0.2, 0.25) is 0 Å². The average Bonchev–Trinajstić information content (AvgIpc) is 3.13. The standard InChI is InChI=1S/C29H40F2N2O5.C15H22F2N2O3.C14H19BrO2.CH2O3.2Cs.H/c1-17(2)37-21-8-9-23-22(14-21)25(16-36-29(23,6)7)32-15-26(34)24(33-27(35)38-28(3,4)5)12-18-10-19(30)13-20(31)11-18;1-15(2,3)22-14(21)19-12(13(20)8-18)6-9-4-10(16)7-11(17)5-9;1-9(2)17-10-5-6-12-11(7-10)13(15)8-16-14(12,3)4;2-1-4-3;;;/h8-11,13-14,17,24-26,32,34H,12,15-16H2,1-7H3,(H,33,35);4-5,7,12-13,20H,6,8,18H2,1-3H3,(H,19,21);5-7,9,13H,8H2,1-4H3;1,3H;;;/q;;;;2*+1;-1/p-1/t24-,25?,26+;12?,13-;;;;;/m01...../s1. The quantitative estimate of drug-likeness (QED) is 0.0291. The zero-order chi connectivity index (χ0) is 61.2. The van der Waals surface area contributed by atoms with Crippen LogP contribution in [-0.4, -0.2) is 103 Å². The topological polar surface area (TPSA) is 241 Å². The number of carbonyl (C=O) groups is 3. The van der Waals surface area contributed by atoms with Gasteiger partial charge in [0.15, 0.2) is 0 Å². The van der Waals surface area contributed by atoms with Gasteiger partial charge in [-0.2, -0.15) is 0 Å². The van der Waals surface area contributed by atoms with Crippen molar-refractivity contribution < 1.29 is 220 Å². The molecule has 2 heterocycles. The van der Waals surface area contributed by atoms with E-state index in [-0.39, 0.29) is 200 Å². The van der Waals surface area contributed by atoms with Crippen LogP contribution in [0.25, 0.3) is 0 Å². The van der Waals surface area contributed by atoms with Crippen molar-refractivity contribution >= 4 is 34.6 Å². The van der Waals surface area contributed by atoms with Gasteiger partial charge in [0.05, 0.1) is 71.8 Å². The second-order valence-electron chi connectivity index (χ2n) is 22.9. The predicted octanol–water partition coefficient (Wildman–Crippen LogP) is 3.60. The Balaban J connectivity index is 0.00000127. The molecule has 2 amide bonds. The van der Waals surface area contributed by atoms with Gasteiger partial charge < -0.3 is 71.9 Å². The van der Waals surface area contributed by atoms with Crippen LogP contribution in [-0.2, 0) is 52.7 Å². The number of hydrogen-bond acceptors (Lipinski definition) is 15. The van der Waals surface area contributed by atoms with Crippen LogP contribution in [0.5, 0.6) is 11.5 Å². The van der Waals surface area contributed by atoms with E-state index in [1.54, 1.807) is 41.5 Å². The number of aliphatic hydroxyl groups is 2. The Hall–Kier alpha value is -1.49. The van der Waals surface area contributed by atoms with Crippen molar-refractivity contribution in [3.8, 4) is 11.5 Å². The molecule has 83 heavy (non-hydrogen) atoms. The van der Waals surface area contributed by atoms with Crippen LogP contribution in [0.4, 0.5) is 27.2 Å². The zero-order valence-corrected chi connectivity index (χ0v) is 64.9. The molecule has 0 aromatic heterocycles. The van der Waals surface area contributed by atoms with Gasteiger partial charge in [0, 0.05) is 25.2 Å². The maximum absolute atomic E-state index is 13.8. The molecule has 6 atom stereocenters. The molecule has 0 bridgehead atoms. The number of amides is 2. The monoisotopic (exact) mass is 1480 g/mol. The molecular formula is C59H83BrCs2F4N4O13. The number of rotatable bonds is 17. The maximum atomic E-state index is 13.8. The number of benzene rings is 4. The number of nitrogens with two attached hydrogens (primary N) is 1. The number of fused-ring (bicyclic) bond motifs is 2. The molecule has 7 N–H and O–H groups in total. The maximum Gasteiger partial charge on any atom is 1.00 e. The van der Waals surface area contributed by atoms with E-state index in [1.165, 1.54) is 23.3 Å².